The summed E-state index contributed by atoms with van der Waals surface area (Å²) < 4.78 is 18.1. The predicted octanol–water partition coefficient (Wildman–Crippen LogP) is 2.20. The van der Waals surface area contributed by atoms with Crippen LogP contribution in [0.15, 0.2) is 29.1 Å². The largest absolute Gasteiger partial charge is 0.494 e. The number of hydrogen-bond donors (Lipinski definition) is 0. The summed E-state index contributed by atoms with van der Waals surface area (Å²) >= 11 is 1.34. The smallest absolute Gasteiger partial charge is 0.326 e. The number of carbonyl (C=O) groups is 2. The summed E-state index contributed by atoms with van der Waals surface area (Å²) in [5.74, 6) is -0.859. The van der Waals surface area contributed by atoms with Gasteiger partial charge in [0.2, 0.25) is 5.76 Å². The lowest BCUT2D eigenvalue weighted by Gasteiger charge is -2.12. The van der Waals surface area contributed by atoms with Gasteiger partial charge in [0.25, 0.3) is 0 Å². The number of benzene rings is 1. The third-order valence-corrected chi connectivity index (χ3v) is 4.99. The van der Waals surface area contributed by atoms with Gasteiger partial charge in [-0.25, -0.2) is 0 Å². The maximum absolute atomic E-state index is 12.4. The van der Waals surface area contributed by atoms with Gasteiger partial charge in [0, 0.05) is 0 Å². The zero-order valence-corrected chi connectivity index (χ0v) is 15.7. The molecule has 0 spiro atoms. The van der Waals surface area contributed by atoms with Crippen LogP contribution in [0.3, 0.4) is 0 Å². The van der Waals surface area contributed by atoms with Crippen LogP contribution < -0.4 is 4.80 Å². The molecule has 0 aliphatic carbocycles. The molecule has 1 amide bonds. The first-order valence-corrected chi connectivity index (χ1v) is 9.11. The van der Waals surface area contributed by atoms with Gasteiger partial charge in [0.05, 0.1) is 16.8 Å². The summed E-state index contributed by atoms with van der Waals surface area (Å²) in [7, 11) is 0. The Morgan fingerprint density at radius 3 is 2.73 bits per heavy atom. The minimum absolute atomic E-state index is 0.0150. The Bertz CT molecular complexity index is 954. The van der Waals surface area contributed by atoms with Gasteiger partial charge in [-0.05, 0) is 44.0 Å². The van der Waals surface area contributed by atoms with E-state index < -0.39 is 5.91 Å². The Morgan fingerprint density at radius 1 is 1.27 bits per heavy atom. The van der Waals surface area contributed by atoms with E-state index in [1.54, 1.807) is 11.5 Å². The monoisotopic (exact) mass is 376 g/mol. The molecule has 2 aromatic rings. The molecule has 0 N–H and O–H groups in total. The summed E-state index contributed by atoms with van der Waals surface area (Å²) in [6.07, 6.45) is 1.27. The molecule has 0 fully saturated rings. The van der Waals surface area contributed by atoms with Crippen molar-refractivity contribution in [1.82, 2.24) is 4.57 Å². The first kappa shape index (κ1) is 18.2. The number of amides is 1. The van der Waals surface area contributed by atoms with Gasteiger partial charge >= 0.3 is 11.9 Å². The van der Waals surface area contributed by atoms with Crippen LogP contribution in [0.4, 0.5) is 0 Å². The highest BCUT2D eigenvalue weighted by atomic mass is 32.1. The Morgan fingerprint density at radius 2 is 2.04 bits per heavy atom. The van der Waals surface area contributed by atoms with Crippen LogP contribution in [0.2, 0.25) is 0 Å². The first-order chi connectivity index (χ1) is 12.5. The highest BCUT2D eigenvalue weighted by molar-refractivity contribution is 7.16. The number of rotatable bonds is 4. The summed E-state index contributed by atoms with van der Waals surface area (Å²) in [4.78, 5) is 29.0. The van der Waals surface area contributed by atoms with E-state index >= 15 is 0 Å². The van der Waals surface area contributed by atoms with Gasteiger partial charge in [0.15, 0.2) is 4.80 Å². The number of esters is 1. The second-order valence-electron chi connectivity index (χ2n) is 5.80. The average Bonchev–Trinajstić information content (AvgIpc) is 2.93. The third kappa shape index (κ3) is 3.80. The van der Waals surface area contributed by atoms with Crippen LogP contribution in [-0.4, -0.2) is 36.3 Å². The number of hydrogen-bond acceptors (Lipinski definition) is 6. The minimum Gasteiger partial charge on any atom is -0.494 e. The third-order valence-electron chi connectivity index (χ3n) is 3.95. The molecule has 1 aromatic heterocycles. The van der Waals surface area contributed by atoms with Crippen molar-refractivity contribution in [3.05, 3.63) is 40.1 Å². The number of ether oxygens (including phenoxy) is 3. The number of aryl methyl sites for hydroxylation is 2. The van der Waals surface area contributed by atoms with E-state index in [1.165, 1.54) is 17.6 Å². The molecule has 0 radical (unpaired) electrons. The van der Waals surface area contributed by atoms with Crippen LogP contribution in [0.5, 0.6) is 0 Å². The average molecular weight is 376 g/mol. The van der Waals surface area contributed by atoms with Crippen molar-refractivity contribution in [2.24, 2.45) is 4.99 Å². The van der Waals surface area contributed by atoms with Crippen molar-refractivity contribution in [3.63, 3.8) is 0 Å². The van der Waals surface area contributed by atoms with Crippen molar-refractivity contribution in [2.75, 3.05) is 19.8 Å². The highest BCUT2D eigenvalue weighted by Gasteiger charge is 2.17. The number of fused-ring (bicyclic) bond motifs is 1. The molecular weight excluding hydrogens is 356 g/mol. The van der Waals surface area contributed by atoms with Crippen molar-refractivity contribution in [2.45, 2.75) is 27.3 Å². The summed E-state index contributed by atoms with van der Waals surface area (Å²) in [5, 5.41) is 0. The molecule has 0 unspecified atom stereocenters. The topological polar surface area (TPSA) is 79.1 Å². The van der Waals surface area contributed by atoms with Crippen LogP contribution in [0.1, 0.15) is 18.1 Å². The SMILES string of the molecule is CCOC(=O)Cn1c(=NC(=O)C2=COCCO2)sc2cc(C)c(C)cc21. The van der Waals surface area contributed by atoms with Gasteiger partial charge in [0.1, 0.15) is 26.0 Å². The quantitative estimate of drug-likeness (QED) is 0.765. The fourth-order valence-corrected chi connectivity index (χ4v) is 3.63. The molecule has 7 nitrogen and oxygen atoms in total. The van der Waals surface area contributed by atoms with Crippen molar-refractivity contribution >= 4 is 33.4 Å². The van der Waals surface area contributed by atoms with Gasteiger partial charge in [-0.2, -0.15) is 4.99 Å². The summed E-state index contributed by atoms with van der Waals surface area (Å²) in [6.45, 7) is 6.76. The fraction of sp³-hybridized carbons (Fsp3) is 0.389. The van der Waals surface area contributed by atoms with E-state index in [-0.39, 0.29) is 18.3 Å². The molecule has 1 aliphatic heterocycles. The molecule has 0 saturated heterocycles. The highest BCUT2D eigenvalue weighted by Crippen LogP contribution is 2.22. The van der Waals surface area contributed by atoms with Crippen molar-refractivity contribution < 1.29 is 23.8 Å². The van der Waals surface area contributed by atoms with Crippen LogP contribution in [0, 0.1) is 13.8 Å². The van der Waals surface area contributed by atoms with Gasteiger partial charge in [-0.15, -0.1) is 0 Å². The Hall–Kier alpha value is -2.61. The van der Waals surface area contributed by atoms with Gasteiger partial charge in [-0.3, -0.25) is 9.59 Å². The maximum atomic E-state index is 12.4. The molecule has 3 rings (SSSR count). The van der Waals surface area contributed by atoms with Gasteiger partial charge < -0.3 is 18.8 Å². The lowest BCUT2D eigenvalue weighted by molar-refractivity contribution is -0.143. The predicted molar refractivity (Wildman–Crippen MR) is 96.5 cm³/mol. The van der Waals surface area contributed by atoms with Crippen LogP contribution in [-0.2, 0) is 30.3 Å². The van der Waals surface area contributed by atoms with Gasteiger partial charge in [-0.1, -0.05) is 11.3 Å². The van der Waals surface area contributed by atoms with E-state index in [0.717, 1.165) is 21.3 Å². The van der Waals surface area contributed by atoms with Crippen molar-refractivity contribution in [1.29, 1.82) is 0 Å². The molecule has 0 bridgehead atoms. The Labute approximate surface area is 154 Å². The molecule has 0 atom stereocenters. The molecule has 1 aliphatic rings. The fourth-order valence-electron chi connectivity index (χ4n) is 2.52. The Balaban J connectivity index is 2.10. The number of thiazole rings is 1. The second-order valence-corrected chi connectivity index (χ2v) is 6.81. The lowest BCUT2D eigenvalue weighted by atomic mass is 10.1. The lowest BCUT2D eigenvalue weighted by Crippen LogP contribution is -2.24. The number of aromatic nitrogens is 1. The molecule has 138 valence electrons. The van der Waals surface area contributed by atoms with Crippen LogP contribution >= 0.6 is 11.3 Å². The van der Waals surface area contributed by atoms with E-state index in [1.807, 2.05) is 26.0 Å². The summed E-state index contributed by atoms with van der Waals surface area (Å²) in [6, 6.07) is 4.02. The molecule has 2 heterocycles. The van der Waals surface area contributed by atoms with Crippen LogP contribution in [0.25, 0.3) is 10.2 Å². The van der Waals surface area contributed by atoms with E-state index in [0.29, 0.717) is 24.6 Å². The Kier molecular flexibility index (Phi) is 5.41. The van der Waals surface area contributed by atoms with E-state index in [9.17, 15) is 9.59 Å². The zero-order valence-electron chi connectivity index (χ0n) is 14.9. The number of nitrogens with zero attached hydrogens (tertiary/aromatic N) is 2. The summed E-state index contributed by atoms with van der Waals surface area (Å²) in [5.41, 5.74) is 3.07. The molecule has 0 saturated carbocycles. The second kappa shape index (κ2) is 7.74. The van der Waals surface area contributed by atoms with Crippen molar-refractivity contribution in [3.8, 4) is 0 Å². The van der Waals surface area contributed by atoms with E-state index in [2.05, 4.69) is 4.99 Å². The molecule has 8 heteroatoms. The normalized spacial score (nSPS) is 14.6. The molecular formula is C18H20N2O5S. The minimum atomic E-state index is -0.540. The first-order valence-electron chi connectivity index (χ1n) is 8.29. The van der Waals surface area contributed by atoms with E-state index in [4.69, 9.17) is 14.2 Å². The molecule has 26 heavy (non-hydrogen) atoms. The number of carbonyl (C=O) groups excluding carboxylic acids is 2. The standard InChI is InChI=1S/C18H20N2O5S/c1-4-24-16(21)9-20-13-7-11(2)12(3)8-15(13)26-18(20)19-17(22)14-10-23-5-6-25-14/h7-8,10H,4-6,9H2,1-3H3. The molecule has 1 aromatic carbocycles. The maximum Gasteiger partial charge on any atom is 0.326 e. The zero-order chi connectivity index (χ0) is 18.7.